The minimum atomic E-state index is -1.65. The molecular weight excluding hydrogens is 196 g/mol. The Morgan fingerprint density at radius 1 is 1.29 bits per heavy atom. The van der Waals surface area contributed by atoms with Crippen LogP contribution in [0.5, 0.6) is 0 Å². The number of rotatable bonds is 5. The van der Waals surface area contributed by atoms with Gasteiger partial charge in [0.2, 0.25) is 0 Å². The molecule has 1 N–H and O–H groups in total. The van der Waals surface area contributed by atoms with Crippen molar-refractivity contribution >= 4 is 17.2 Å². The molecule has 0 fully saturated rings. The molecule has 1 unspecified atom stereocenters. The molecule has 0 spiro atoms. The summed E-state index contributed by atoms with van der Waals surface area (Å²) in [5, 5.41) is 0. The van der Waals surface area contributed by atoms with Crippen LogP contribution in [-0.2, 0) is 11.1 Å². The number of unbranched alkanes of at least 4 members (excludes halogenated alkanes) is 1. The Hall–Kier alpha value is -0.930. The van der Waals surface area contributed by atoms with Crippen molar-refractivity contribution in [1.29, 1.82) is 0 Å². The number of benzene rings is 1. The molecular formula is C11H14O2S. The van der Waals surface area contributed by atoms with Gasteiger partial charge in [0.05, 0.1) is 0 Å². The van der Waals surface area contributed by atoms with Gasteiger partial charge in [0.25, 0.3) is 0 Å². The lowest BCUT2D eigenvalue weighted by atomic mass is 10.2. The van der Waals surface area contributed by atoms with Gasteiger partial charge in [-0.2, -0.15) is 0 Å². The summed E-state index contributed by atoms with van der Waals surface area (Å²) >= 11 is -1.65. The average molecular weight is 210 g/mol. The van der Waals surface area contributed by atoms with Gasteiger partial charge in [-0.25, -0.2) is 4.21 Å². The summed E-state index contributed by atoms with van der Waals surface area (Å²) in [5.74, 6) is 0.360. The molecule has 0 saturated heterocycles. The van der Waals surface area contributed by atoms with E-state index in [4.69, 9.17) is 4.55 Å². The molecule has 1 aromatic rings. The standard InChI is InChI=1S/C11H14O2S/c12-14(13)10-6-2-5-9-11-7-3-1-4-8-11/h1,3-5,7-9H,2,6,10H2,(H,12,13). The Labute approximate surface area is 86.9 Å². The van der Waals surface area contributed by atoms with Crippen LogP contribution in [0, 0.1) is 0 Å². The predicted molar refractivity (Wildman–Crippen MR) is 60.3 cm³/mol. The molecule has 1 aromatic carbocycles. The van der Waals surface area contributed by atoms with Gasteiger partial charge in [0.1, 0.15) is 0 Å². The van der Waals surface area contributed by atoms with Crippen molar-refractivity contribution in [3.63, 3.8) is 0 Å². The van der Waals surface area contributed by atoms with Crippen LogP contribution < -0.4 is 0 Å². The van der Waals surface area contributed by atoms with Crippen molar-refractivity contribution in [3.8, 4) is 0 Å². The Morgan fingerprint density at radius 3 is 2.64 bits per heavy atom. The van der Waals surface area contributed by atoms with Crippen LogP contribution in [0.15, 0.2) is 36.4 Å². The molecule has 0 amide bonds. The fourth-order valence-electron chi connectivity index (χ4n) is 1.11. The van der Waals surface area contributed by atoms with Crippen molar-refractivity contribution in [2.75, 3.05) is 5.75 Å². The Balaban J connectivity index is 2.25. The Morgan fingerprint density at radius 2 is 2.00 bits per heavy atom. The Kier molecular flexibility index (Phi) is 5.19. The zero-order chi connectivity index (χ0) is 10.2. The van der Waals surface area contributed by atoms with Crippen molar-refractivity contribution < 1.29 is 8.76 Å². The molecule has 0 bridgehead atoms. The maximum atomic E-state index is 10.3. The highest BCUT2D eigenvalue weighted by Gasteiger charge is 1.90. The molecule has 0 aromatic heterocycles. The highest BCUT2D eigenvalue weighted by molar-refractivity contribution is 7.79. The van der Waals surface area contributed by atoms with Crippen LogP contribution in [-0.4, -0.2) is 14.5 Å². The van der Waals surface area contributed by atoms with E-state index < -0.39 is 11.1 Å². The summed E-state index contributed by atoms with van der Waals surface area (Å²) in [6.07, 6.45) is 5.66. The second-order valence-corrected chi connectivity index (χ2v) is 4.03. The fourth-order valence-corrected chi connectivity index (χ4v) is 1.52. The van der Waals surface area contributed by atoms with Crippen LogP contribution in [0.4, 0.5) is 0 Å². The fraction of sp³-hybridized carbons (Fsp3) is 0.273. The minimum absolute atomic E-state index is 0.360. The van der Waals surface area contributed by atoms with Gasteiger partial charge in [0, 0.05) is 5.75 Å². The maximum absolute atomic E-state index is 10.3. The molecule has 76 valence electrons. The molecule has 0 radical (unpaired) electrons. The van der Waals surface area contributed by atoms with Crippen molar-refractivity contribution in [3.05, 3.63) is 42.0 Å². The van der Waals surface area contributed by atoms with E-state index in [2.05, 4.69) is 0 Å². The summed E-state index contributed by atoms with van der Waals surface area (Å²) in [5.41, 5.74) is 1.16. The lowest BCUT2D eigenvalue weighted by molar-refractivity contribution is 0.562. The third-order valence-corrected chi connectivity index (χ3v) is 2.44. The van der Waals surface area contributed by atoms with Crippen LogP contribution in [0.2, 0.25) is 0 Å². The lowest BCUT2D eigenvalue weighted by Crippen LogP contribution is -1.92. The van der Waals surface area contributed by atoms with E-state index in [0.29, 0.717) is 5.75 Å². The molecule has 0 heterocycles. The highest BCUT2D eigenvalue weighted by Crippen LogP contribution is 2.02. The number of hydrogen-bond donors (Lipinski definition) is 1. The number of allylic oxidation sites excluding steroid dienone is 1. The van der Waals surface area contributed by atoms with E-state index in [0.717, 1.165) is 18.4 Å². The monoisotopic (exact) mass is 210 g/mol. The normalized spacial score (nSPS) is 13.2. The van der Waals surface area contributed by atoms with Crippen LogP contribution in [0.25, 0.3) is 6.08 Å². The number of hydrogen-bond acceptors (Lipinski definition) is 1. The van der Waals surface area contributed by atoms with Crippen LogP contribution in [0.3, 0.4) is 0 Å². The molecule has 0 aliphatic carbocycles. The summed E-state index contributed by atoms with van der Waals surface area (Å²) in [4.78, 5) is 0. The second kappa shape index (κ2) is 6.51. The third kappa shape index (κ3) is 4.94. The van der Waals surface area contributed by atoms with E-state index in [1.165, 1.54) is 0 Å². The van der Waals surface area contributed by atoms with Gasteiger partial charge < -0.3 is 4.55 Å². The first-order chi connectivity index (χ1) is 6.79. The van der Waals surface area contributed by atoms with E-state index >= 15 is 0 Å². The summed E-state index contributed by atoms with van der Waals surface area (Å²) in [6, 6.07) is 10.0. The van der Waals surface area contributed by atoms with E-state index in [-0.39, 0.29) is 0 Å². The zero-order valence-corrected chi connectivity index (χ0v) is 8.74. The van der Waals surface area contributed by atoms with E-state index in [9.17, 15) is 4.21 Å². The van der Waals surface area contributed by atoms with Crippen molar-refractivity contribution in [1.82, 2.24) is 0 Å². The first kappa shape index (κ1) is 11.1. The van der Waals surface area contributed by atoms with Gasteiger partial charge in [-0.15, -0.1) is 0 Å². The Bertz CT molecular complexity index is 306. The predicted octanol–water partition coefficient (Wildman–Crippen LogP) is 2.70. The molecule has 0 aliphatic rings. The van der Waals surface area contributed by atoms with Crippen molar-refractivity contribution in [2.24, 2.45) is 0 Å². The van der Waals surface area contributed by atoms with E-state index in [1.807, 2.05) is 42.5 Å². The molecule has 0 saturated carbocycles. The summed E-state index contributed by atoms with van der Waals surface area (Å²) in [6.45, 7) is 0. The third-order valence-electron chi connectivity index (χ3n) is 1.80. The lowest BCUT2D eigenvalue weighted by Gasteiger charge is -1.92. The van der Waals surface area contributed by atoms with Gasteiger partial charge in [0.15, 0.2) is 11.1 Å². The SMILES string of the molecule is O=S(O)CCCC=Cc1ccccc1. The molecule has 3 heteroatoms. The van der Waals surface area contributed by atoms with Crippen molar-refractivity contribution in [2.45, 2.75) is 12.8 Å². The van der Waals surface area contributed by atoms with Gasteiger partial charge >= 0.3 is 0 Å². The molecule has 14 heavy (non-hydrogen) atoms. The topological polar surface area (TPSA) is 37.3 Å². The zero-order valence-electron chi connectivity index (χ0n) is 7.93. The molecule has 1 rings (SSSR count). The molecule has 0 aliphatic heterocycles. The summed E-state index contributed by atoms with van der Waals surface area (Å²) < 4.78 is 18.8. The first-order valence-corrected chi connectivity index (χ1v) is 5.85. The highest BCUT2D eigenvalue weighted by atomic mass is 32.2. The summed E-state index contributed by atoms with van der Waals surface area (Å²) in [7, 11) is 0. The van der Waals surface area contributed by atoms with Gasteiger partial charge in [-0.3, -0.25) is 0 Å². The van der Waals surface area contributed by atoms with E-state index in [1.54, 1.807) is 0 Å². The van der Waals surface area contributed by atoms with Crippen LogP contribution >= 0.6 is 0 Å². The smallest absolute Gasteiger partial charge is 0.152 e. The van der Waals surface area contributed by atoms with Crippen LogP contribution in [0.1, 0.15) is 18.4 Å². The minimum Gasteiger partial charge on any atom is -0.306 e. The average Bonchev–Trinajstić information content (AvgIpc) is 2.18. The quantitative estimate of drug-likeness (QED) is 0.599. The maximum Gasteiger partial charge on any atom is 0.152 e. The first-order valence-electron chi connectivity index (χ1n) is 4.58. The molecule has 2 nitrogen and oxygen atoms in total. The van der Waals surface area contributed by atoms with Gasteiger partial charge in [-0.05, 0) is 18.4 Å². The largest absolute Gasteiger partial charge is 0.306 e. The molecule has 1 atom stereocenters. The van der Waals surface area contributed by atoms with Gasteiger partial charge in [-0.1, -0.05) is 42.5 Å². The second-order valence-electron chi connectivity index (χ2n) is 2.98.